The van der Waals surface area contributed by atoms with Crippen molar-refractivity contribution >= 4 is 5.91 Å². The number of nitrogens with one attached hydrogen (secondary N) is 1. The first kappa shape index (κ1) is 29.5. The molecule has 5 N–H and O–H groups in total. The first-order valence-corrected chi connectivity index (χ1v) is 11.3. The van der Waals surface area contributed by atoms with Gasteiger partial charge in [-0.3, -0.25) is 4.79 Å². The van der Waals surface area contributed by atoms with Crippen LogP contribution in [0.15, 0.2) is 38.0 Å². The van der Waals surface area contributed by atoms with Gasteiger partial charge in [0.2, 0.25) is 5.91 Å². The molecule has 2 saturated heterocycles. The molecule has 10 atom stereocenters. The largest absolute Gasteiger partial charge is 0.394 e. The van der Waals surface area contributed by atoms with E-state index in [1.807, 2.05) is 0 Å². The molecule has 2 fully saturated rings. The summed E-state index contributed by atoms with van der Waals surface area (Å²) in [6.45, 7) is 11.7. The van der Waals surface area contributed by atoms with Crippen molar-refractivity contribution in [3.05, 3.63) is 38.0 Å². The Morgan fingerprint density at radius 1 is 0.857 bits per heavy atom. The molecule has 0 spiro atoms. The molecule has 0 saturated carbocycles. The molecule has 1 amide bonds. The molecule has 35 heavy (non-hydrogen) atoms. The van der Waals surface area contributed by atoms with Gasteiger partial charge in [0.15, 0.2) is 12.6 Å². The van der Waals surface area contributed by atoms with Gasteiger partial charge >= 0.3 is 0 Å². The third-order valence-corrected chi connectivity index (χ3v) is 5.50. The Bertz CT molecular complexity index is 692. The molecule has 0 aromatic rings. The van der Waals surface area contributed by atoms with Gasteiger partial charge in [-0.25, -0.2) is 0 Å². The van der Waals surface area contributed by atoms with Gasteiger partial charge in [0.25, 0.3) is 0 Å². The van der Waals surface area contributed by atoms with Crippen molar-refractivity contribution in [3.63, 3.8) is 0 Å². The Morgan fingerprint density at radius 3 is 1.97 bits per heavy atom. The van der Waals surface area contributed by atoms with Crippen molar-refractivity contribution < 1.29 is 53.6 Å². The van der Waals surface area contributed by atoms with E-state index in [0.717, 1.165) is 0 Å². The summed E-state index contributed by atoms with van der Waals surface area (Å²) >= 11 is 0. The highest BCUT2D eigenvalue weighted by atomic mass is 16.7. The highest BCUT2D eigenvalue weighted by Gasteiger charge is 2.49. The quantitative estimate of drug-likeness (QED) is 0.173. The van der Waals surface area contributed by atoms with Crippen LogP contribution in [0.2, 0.25) is 0 Å². The van der Waals surface area contributed by atoms with Gasteiger partial charge in [-0.2, -0.15) is 0 Å². The SMILES string of the molecule is C=CCO[C@@H]1[C@@H](OCC=C)[C@@H](O)O[C@H](CO[C@H]2O[C@H](CO)[C@H](O)[C@H](O)[C@H]2NC(C)=O)[C@H]1OCC=C. The van der Waals surface area contributed by atoms with Crippen LogP contribution in [-0.2, 0) is 33.2 Å². The Morgan fingerprint density at radius 2 is 1.43 bits per heavy atom. The summed E-state index contributed by atoms with van der Waals surface area (Å²) < 4.78 is 34.5. The smallest absolute Gasteiger partial charge is 0.217 e. The number of aliphatic hydroxyl groups is 4. The standard InChI is InChI=1S/C23H37NO11/c1-5-8-30-19-15(34-22(29)21(32-10-7-3)20(19)31-9-6-2)12-33-23-16(24-13(4)26)18(28)17(27)14(11-25)35-23/h5-7,14-23,25,27-29H,1-3,8-12H2,4H3,(H,24,26)/t14-,15-,16-,17+,18-,19-,20+,21-,22+,23+/m1/s1. The van der Waals surface area contributed by atoms with Crippen molar-refractivity contribution in [2.45, 2.75) is 68.3 Å². The van der Waals surface area contributed by atoms with Crippen LogP contribution in [0.4, 0.5) is 0 Å². The highest BCUT2D eigenvalue weighted by molar-refractivity contribution is 5.73. The third-order valence-electron chi connectivity index (χ3n) is 5.50. The molecule has 200 valence electrons. The lowest BCUT2D eigenvalue weighted by Crippen LogP contribution is -2.65. The van der Waals surface area contributed by atoms with E-state index >= 15 is 0 Å². The number of carbonyl (C=O) groups excluding carboxylic acids is 1. The fourth-order valence-electron chi connectivity index (χ4n) is 3.94. The van der Waals surface area contributed by atoms with Crippen LogP contribution in [-0.4, -0.2) is 121 Å². The molecular weight excluding hydrogens is 466 g/mol. The fraction of sp³-hybridized carbons (Fsp3) is 0.696. The van der Waals surface area contributed by atoms with E-state index in [2.05, 4.69) is 25.1 Å². The van der Waals surface area contributed by atoms with Crippen LogP contribution >= 0.6 is 0 Å². The lowest BCUT2D eigenvalue weighted by molar-refractivity contribution is -0.323. The lowest BCUT2D eigenvalue weighted by atomic mass is 9.96. The number of aliphatic hydroxyl groups excluding tert-OH is 4. The van der Waals surface area contributed by atoms with Crippen molar-refractivity contribution in [2.24, 2.45) is 0 Å². The Kier molecular flexibility index (Phi) is 12.4. The van der Waals surface area contributed by atoms with Gasteiger partial charge in [-0.15, -0.1) is 19.7 Å². The molecule has 12 nitrogen and oxygen atoms in total. The maximum Gasteiger partial charge on any atom is 0.217 e. The average molecular weight is 504 g/mol. The van der Waals surface area contributed by atoms with E-state index in [4.69, 9.17) is 28.4 Å². The second-order valence-electron chi connectivity index (χ2n) is 8.09. The van der Waals surface area contributed by atoms with Crippen LogP contribution in [0.1, 0.15) is 6.92 Å². The molecule has 2 rings (SSSR count). The molecular formula is C23H37NO11. The predicted molar refractivity (Wildman–Crippen MR) is 122 cm³/mol. The molecule has 0 unspecified atom stereocenters. The summed E-state index contributed by atoms with van der Waals surface area (Å²) in [5, 5.41) is 43.3. The van der Waals surface area contributed by atoms with Crippen molar-refractivity contribution in [1.29, 1.82) is 0 Å². The Balaban J connectivity index is 2.23. The van der Waals surface area contributed by atoms with Crippen LogP contribution in [0, 0.1) is 0 Å². The third kappa shape index (κ3) is 7.89. The molecule has 2 heterocycles. The predicted octanol–water partition coefficient (Wildman–Crippen LogP) is -1.62. The Hall–Kier alpha value is -1.71. The molecule has 2 aliphatic heterocycles. The maximum atomic E-state index is 11.6. The van der Waals surface area contributed by atoms with Crippen molar-refractivity contribution in [3.8, 4) is 0 Å². The monoisotopic (exact) mass is 503 g/mol. The average Bonchev–Trinajstić information content (AvgIpc) is 2.83. The van der Waals surface area contributed by atoms with Gasteiger partial charge < -0.3 is 54.2 Å². The van der Waals surface area contributed by atoms with E-state index in [0.29, 0.717) is 0 Å². The van der Waals surface area contributed by atoms with Gasteiger partial charge in [0, 0.05) is 6.92 Å². The summed E-state index contributed by atoms with van der Waals surface area (Å²) in [5.74, 6) is -0.488. The highest BCUT2D eigenvalue weighted by Crippen LogP contribution is 2.29. The molecule has 0 bridgehead atoms. The number of rotatable bonds is 14. The van der Waals surface area contributed by atoms with Gasteiger partial charge in [-0.1, -0.05) is 18.2 Å². The minimum absolute atomic E-state index is 0.130. The summed E-state index contributed by atoms with van der Waals surface area (Å²) in [6, 6.07) is -1.14. The minimum atomic E-state index is -1.47. The molecule has 2 aliphatic rings. The van der Waals surface area contributed by atoms with E-state index in [1.54, 1.807) is 0 Å². The van der Waals surface area contributed by atoms with E-state index in [-0.39, 0.29) is 26.4 Å². The molecule has 0 aromatic heterocycles. The van der Waals surface area contributed by atoms with Crippen molar-refractivity contribution in [2.75, 3.05) is 33.0 Å². The lowest BCUT2D eigenvalue weighted by Gasteiger charge is -2.45. The first-order chi connectivity index (χ1) is 16.8. The second kappa shape index (κ2) is 14.8. The zero-order valence-corrected chi connectivity index (χ0v) is 19.8. The number of carbonyl (C=O) groups is 1. The van der Waals surface area contributed by atoms with Gasteiger partial charge in [0.05, 0.1) is 33.0 Å². The summed E-state index contributed by atoms with van der Waals surface area (Å²) in [5.41, 5.74) is 0. The number of hydrogen-bond donors (Lipinski definition) is 5. The first-order valence-electron chi connectivity index (χ1n) is 11.3. The molecule has 0 aliphatic carbocycles. The molecule has 0 aromatic carbocycles. The summed E-state index contributed by atoms with van der Waals surface area (Å²) in [4.78, 5) is 11.6. The van der Waals surface area contributed by atoms with E-state index in [1.165, 1.54) is 25.2 Å². The van der Waals surface area contributed by atoms with Crippen LogP contribution < -0.4 is 5.32 Å². The van der Waals surface area contributed by atoms with Crippen LogP contribution in [0.5, 0.6) is 0 Å². The van der Waals surface area contributed by atoms with Crippen LogP contribution in [0.3, 0.4) is 0 Å². The maximum absolute atomic E-state index is 11.6. The summed E-state index contributed by atoms with van der Waals surface area (Å²) in [7, 11) is 0. The normalized spacial score (nSPS) is 37.4. The van der Waals surface area contributed by atoms with E-state index in [9.17, 15) is 25.2 Å². The number of hydrogen-bond acceptors (Lipinski definition) is 11. The fourth-order valence-corrected chi connectivity index (χ4v) is 3.94. The van der Waals surface area contributed by atoms with Gasteiger partial charge in [0.1, 0.15) is 48.8 Å². The molecule has 0 radical (unpaired) electrons. The summed E-state index contributed by atoms with van der Waals surface area (Å²) in [6.07, 6.45) is -5.53. The van der Waals surface area contributed by atoms with E-state index < -0.39 is 73.9 Å². The number of ether oxygens (including phenoxy) is 6. The van der Waals surface area contributed by atoms with Gasteiger partial charge in [-0.05, 0) is 0 Å². The topological polar surface area (TPSA) is 165 Å². The number of amides is 1. The van der Waals surface area contributed by atoms with Crippen LogP contribution in [0.25, 0.3) is 0 Å². The Labute approximate surface area is 204 Å². The zero-order valence-electron chi connectivity index (χ0n) is 19.8. The zero-order chi connectivity index (χ0) is 26.0. The minimum Gasteiger partial charge on any atom is -0.394 e. The molecule has 12 heteroatoms. The second-order valence-corrected chi connectivity index (χ2v) is 8.09. The van der Waals surface area contributed by atoms with Crippen molar-refractivity contribution in [1.82, 2.24) is 5.32 Å².